The molecule has 27 heavy (non-hydrogen) atoms. The van der Waals surface area contributed by atoms with E-state index in [1.165, 1.54) is 4.90 Å². The van der Waals surface area contributed by atoms with Crippen molar-refractivity contribution in [3.05, 3.63) is 107 Å². The SMILES string of the molecule is O=C1c2ccccc2C(=O)N1CC1(c2ccccc2)OC1c1ccccc1. The van der Waals surface area contributed by atoms with Crippen LogP contribution in [-0.2, 0) is 10.3 Å². The molecule has 132 valence electrons. The predicted octanol–water partition coefficient (Wildman–Crippen LogP) is 3.95. The minimum absolute atomic E-state index is 0.189. The highest BCUT2D eigenvalue weighted by Gasteiger charge is 2.61. The molecule has 3 aromatic carbocycles. The van der Waals surface area contributed by atoms with E-state index in [-0.39, 0.29) is 24.5 Å². The van der Waals surface area contributed by atoms with Crippen LogP contribution < -0.4 is 0 Å². The van der Waals surface area contributed by atoms with Gasteiger partial charge in [-0.05, 0) is 23.3 Å². The van der Waals surface area contributed by atoms with Gasteiger partial charge in [-0.25, -0.2) is 0 Å². The van der Waals surface area contributed by atoms with Crippen molar-refractivity contribution in [3.63, 3.8) is 0 Å². The Bertz CT molecular complexity index is 997. The number of hydrogen-bond acceptors (Lipinski definition) is 3. The molecule has 2 unspecified atom stereocenters. The summed E-state index contributed by atoms with van der Waals surface area (Å²) in [6.07, 6.45) is -0.189. The van der Waals surface area contributed by atoms with Crippen molar-refractivity contribution in [1.29, 1.82) is 0 Å². The van der Waals surface area contributed by atoms with E-state index in [2.05, 4.69) is 0 Å². The van der Waals surface area contributed by atoms with E-state index in [0.717, 1.165) is 11.1 Å². The van der Waals surface area contributed by atoms with E-state index in [9.17, 15) is 9.59 Å². The van der Waals surface area contributed by atoms with Crippen molar-refractivity contribution in [2.24, 2.45) is 0 Å². The molecule has 0 N–H and O–H groups in total. The third-order valence-electron chi connectivity index (χ3n) is 5.33. The Morgan fingerprint density at radius 3 is 1.85 bits per heavy atom. The molecule has 4 nitrogen and oxygen atoms in total. The number of epoxide rings is 1. The second-order valence-corrected chi connectivity index (χ2v) is 6.91. The fraction of sp³-hybridized carbons (Fsp3) is 0.130. The summed E-state index contributed by atoms with van der Waals surface area (Å²) in [6, 6.07) is 26.7. The molecule has 0 radical (unpaired) electrons. The van der Waals surface area contributed by atoms with Crippen LogP contribution in [0.25, 0.3) is 0 Å². The first kappa shape index (κ1) is 16.0. The summed E-state index contributed by atoms with van der Waals surface area (Å²) in [5.41, 5.74) is 2.22. The van der Waals surface area contributed by atoms with E-state index < -0.39 is 5.60 Å². The molecule has 0 bridgehead atoms. The van der Waals surface area contributed by atoms with Gasteiger partial charge >= 0.3 is 0 Å². The zero-order valence-corrected chi connectivity index (χ0v) is 14.5. The van der Waals surface area contributed by atoms with Gasteiger partial charge in [-0.2, -0.15) is 0 Å². The van der Waals surface area contributed by atoms with E-state index >= 15 is 0 Å². The Kier molecular flexibility index (Phi) is 3.49. The van der Waals surface area contributed by atoms with Gasteiger partial charge in [0.25, 0.3) is 11.8 Å². The average Bonchev–Trinajstić information content (AvgIpc) is 3.42. The van der Waals surface area contributed by atoms with Crippen LogP contribution in [0.1, 0.15) is 37.9 Å². The molecule has 0 saturated carbocycles. The lowest BCUT2D eigenvalue weighted by Gasteiger charge is -2.21. The van der Waals surface area contributed by atoms with E-state index in [1.54, 1.807) is 24.3 Å². The van der Waals surface area contributed by atoms with Crippen molar-refractivity contribution in [2.45, 2.75) is 11.7 Å². The van der Waals surface area contributed by atoms with Gasteiger partial charge in [0.05, 0.1) is 17.7 Å². The molecule has 1 fully saturated rings. The van der Waals surface area contributed by atoms with Crippen LogP contribution in [0.4, 0.5) is 0 Å². The van der Waals surface area contributed by atoms with Gasteiger partial charge in [-0.15, -0.1) is 0 Å². The summed E-state index contributed by atoms with van der Waals surface area (Å²) < 4.78 is 6.19. The van der Waals surface area contributed by atoms with Gasteiger partial charge in [0.1, 0.15) is 11.7 Å². The minimum Gasteiger partial charge on any atom is -0.354 e. The molecule has 0 aromatic heterocycles. The van der Waals surface area contributed by atoms with Gasteiger partial charge in [0.15, 0.2) is 0 Å². The molecule has 0 spiro atoms. The van der Waals surface area contributed by atoms with Crippen molar-refractivity contribution in [1.82, 2.24) is 4.90 Å². The number of ether oxygens (including phenoxy) is 1. The fourth-order valence-corrected chi connectivity index (χ4v) is 3.91. The molecule has 2 aliphatic rings. The second kappa shape index (κ2) is 5.89. The molecule has 2 aliphatic heterocycles. The van der Waals surface area contributed by atoms with Crippen LogP contribution in [0.5, 0.6) is 0 Å². The Morgan fingerprint density at radius 1 is 0.741 bits per heavy atom. The highest BCUT2D eigenvalue weighted by molar-refractivity contribution is 6.21. The van der Waals surface area contributed by atoms with Crippen LogP contribution in [0.3, 0.4) is 0 Å². The van der Waals surface area contributed by atoms with Crippen molar-refractivity contribution in [2.75, 3.05) is 6.54 Å². The van der Waals surface area contributed by atoms with Gasteiger partial charge in [0, 0.05) is 0 Å². The monoisotopic (exact) mass is 355 g/mol. The lowest BCUT2D eigenvalue weighted by Crippen LogP contribution is -2.38. The zero-order chi connectivity index (χ0) is 18.4. The standard InChI is InChI=1S/C23H17NO3/c25-21-18-13-7-8-14-19(18)22(26)24(21)15-23(17-11-5-2-6-12-17)20(27-23)16-9-3-1-4-10-16/h1-14,20H,15H2. The second-order valence-electron chi connectivity index (χ2n) is 6.91. The van der Waals surface area contributed by atoms with E-state index in [0.29, 0.717) is 11.1 Å². The predicted molar refractivity (Wildman–Crippen MR) is 100 cm³/mol. The first-order valence-corrected chi connectivity index (χ1v) is 8.94. The van der Waals surface area contributed by atoms with Crippen LogP contribution in [0.2, 0.25) is 0 Å². The first-order valence-electron chi connectivity index (χ1n) is 8.94. The van der Waals surface area contributed by atoms with Gasteiger partial charge < -0.3 is 4.74 Å². The molecule has 4 heteroatoms. The minimum atomic E-state index is -0.712. The van der Waals surface area contributed by atoms with Gasteiger partial charge in [-0.3, -0.25) is 14.5 Å². The summed E-state index contributed by atoms with van der Waals surface area (Å²) in [6.45, 7) is 0.197. The number of rotatable bonds is 4. The van der Waals surface area contributed by atoms with Crippen molar-refractivity contribution in [3.8, 4) is 0 Å². The summed E-state index contributed by atoms with van der Waals surface area (Å²) in [7, 11) is 0. The average molecular weight is 355 g/mol. The van der Waals surface area contributed by atoms with Crippen LogP contribution in [0, 0.1) is 0 Å². The topological polar surface area (TPSA) is 49.9 Å². The molecular formula is C23H17NO3. The summed E-state index contributed by atoms with van der Waals surface area (Å²) >= 11 is 0. The third kappa shape index (κ3) is 2.41. The normalized spacial score (nSPS) is 23.4. The highest BCUT2D eigenvalue weighted by Crippen LogP contribution is 2.57. The quantitative estimate of drug-likeness (QED) is 0.526. The number of amides is 2. The number of nitrogens with zero attached hydrogens (tertiary/aromatic N) is 1. The maximum atomic E-state index is 12.8. The first-order chi connectivity index (χ1) is 13.2. The zero-order valence-electron chi connectivity index (χ0n) is 14.5. The molecular weight excluding hydrogens is 338 g/mol. The van der Waals surface area contributed by atoms with Crippen LogP contribution >= 0.6 is 0 Å². The third-order valence-corrected chi connectivity index (χ3v) is 5.33. The van der Waals surface area contributed by atoms with Crippen LogP contribution in [0.15, 0.2) is 84.9 Å². The number of benzene rings is 3. The van der Waals surface area contributed by atoms with Crippen LogP contribution in [-0.4, -0.2) is 23.3 Å². The molecule has 2 atom stereocenters. The number of fused-ring (bicyclic) bond motifs is 1. The van der Waals surface area contributed by atoms with E-state index in [4.69, 9.17) is 4.74 Å². The summed E-state index contributed by atoms with van der Waals surface area (Å²) in [4.78, 5) is 27.0. The van der Waals surface area contributed by atoms with Gasteiger partial charge in [0.2, 0.25) is 0 Å². The number of carbonyl (C=O) groups is 2. The van der Waals surface area contributed by atoms with Crippen molar-refractivity contribution < 1.29 is 14.3 Å². The molecule has 2 amide bonds. The Hall–Kier alpha value is -3.24. The largest absolute Gasteiger partial charge is 0.354 e. The molecule has 0 aliphatic carbocycles. The Labute approximate surface area is 157 Å². The number of imide groups is 1. The lowest BCUT2D eigenvalue weighted by atomic mass is 9.91. The molecule has 1 saturated heterocycles. The maximum Gasteiger partial charge on any atom is 0.261 e. The molecule has 3 aromatic rings. The van der Waals surface area contributed by atoms with Crippen molar-refractivity contribution >= 4 is 11.8 Å². The number of hydrogen-bond donors (Lipinski definition) is 0. The summed E-state index contributed by atoms with van der Waals surface area (Å²) in [5.74, 6) is -0.513. The lowest BCUT2D eigenvalue weighted by molar-refractivity contribution is 0.0608. The molecule has 5 rings (SSSR count). The smallest absolute Gasteiger partial charge is 0.261 e. The summed E-state index contributed by atoms with van der Waals surface area (Å²) in [5, 5.41) is 0. The highest BCUT2D eigenvalue weighted by atomic mass is 16.6. The van der Waals surface area contributed by atoms with E-state index in [1.807, 2.05) is 60.7 Å². The maximum absolute atomic E-state index is 12.8. The number of carbonyl (C=O) groups excluding carboxylic acids is 2. The fourth-order valence-electron chi connectivity index (χ4n) is 3.91. The van der Waals surface area contributed by atoms with Gasteiger partial charge in [-0.1, -0.05) is 72.8 Å². The molecule has 2 heterocycles. The Morgan fingerprint density at radius 2 is 1.26 bits per heavy atom. The Balaban J connectivity index is 1.53.